The Morgan fingerprint density at radius 3 is 2.44 bits per heavy atom. The fourth-order valence-corrected chi connectivity index (χ4v) is 3.81. The number of hydrogen-bond acceptors (Lipinski definition) is 4. The van der Waals surface area contributed by atoms with Crippen LogP contribution in [0.1, 0.15) is 31.9 Å². The molecule has 0 bridgehead atoms. The molecule has 3 rings (SSSR count). The van der Waals surface area contributed by atoms with Crippen LogP contribution in [0.3, 0.4) is 0 Å². The van der Waals surface area contributed by atoms with Crippen LogP contribution in [0.15, 0.2) is 46.0 Å². The Morgan fingerprint density at radius 2 is 1.85 bits per heavy atom. The van der Waals surface area contributed by atoms with Gasteiger partial charge in [-0.3, -0.25) is 0 Å². The van der Waals surface area contributed by atoms with Crippen LogP contribution in [0.4, 0.5) is 5.69 Å². The molecule has 1 N–H and O–H groups in total. The molecule has 27 heavy (non-hydrogen) atoms. The molecule has 0 aliphatic heterocycles. The molecule has 0 saturated heterocycles. The molecule has 1 heterocycles. The number of fused-ring (bicyclic) bond motifs is 1. The summed E-state index contributed by atoms with van der Waals surface area (Å²) < 4.78 is 8.35. The van der Waals surface area contributed by atoms with Crippen LogP contribution in [0.5, 0.6) is 11.6 Å². The maximum Gasteiger partial charge on any atom is 0.222 e. The van der Waals surface area contributed by atoms with E-state index in [9.17, 15) is 10.0 Å². The summed E-state index contributed by atoms with van der Waals surface area (Å²) in [6.07, 6.45) is 0. The van der Waals surface area contributed by atoms with E-state index in [1.54, 1.807) is 10.6 Å². The number of aromatic nitrogens is 1. The zero-order valence-electron chi connectivity index (χ0n) is 15.9. The van der Waals surface area contributed by atoms with Gasteiger partial charge in [0.1, 0.15) is 12.4 Å². The standard InChI is InChI=1S/C21H23BrN2O3/c1-13-11-15(22)12-17-18(23-26)20(25)24(19(13)17)9-10-27-16-7-5-14(6-8-16)21(2,3)4/h5-8,11-12,25H,9-10H2,1-4H3. The Hall–Kier alpha value is -2.34. The fourth-order valence-electron chi connectivity index (χ4n) is 3.24. The van der Waals surface area contributed by atoms with Gasteiger partial charge in [0.2, 0.25) is 5.88 Å². The van der Waals surface area contributed by atoms with Gasteiger partial charge in [-0.1, -0.05) is 48.8 Å². The maximum absolute atomic E-state index is 11.2. The van der Waals surface area contributed by atoms with Crippen molar-refractivity contribution in [3.63, 3.8) is 0 Å². The quantitative estimate of drug-likeness (QED) is 0.490. The summed E-state index contributed by atoms with van der Waals surface area (Å²) in [5.74, 6) is 0.639. The van der Waals surface area contributed by atoms with E-state index in [2.05, 4.69) is 54.0 Å². The Labute approximate surface area is 167 Å². The largest absolute Gasteiger partial charge is 0.493 e. The molecule has 1 aromatic heterocycles. The minimum atomic E-state index is -0.132. The van der Waals surface area contributed by atoms with Crippen molar-refractivity contribution in [3.8, 4) is 11.6 Å². The van der Waals surface area contributed by atoms with Gasteiger partial charge in [-0.25, -0.2) is 0 Å². The number of nitroso groups, excluding NO2 is 1. The van der Waals surface area contributed by atoms with Crippen LogP contribution in [-0.2, 0) is 12.0 Å². The smallest absolute Gasteiger partial charge is 0.222 e. The lowest BCUT2D eigenvalue weighted by molar-refractivity contribution is 0.290. The van der Waals surface area contributed by atoms with Gasteiger partial charge in [0.25, 0.3) is 0 Å². The highest BCUT2D eigenvalue weighted by molar-refractivity contribution is 9.10. The van der Waals surface area contributed by atoms with Crippen LogP contribution in [0.25, 0.3) is 10.9 Å². The van der Waals surface area contributed by atoms with Gasteiger partial charge in [0.15, 0.2) is 5.69 Å². The summed E-state index contributed by atoms with van der Waals surface area (Å²) in [7, 11) is 0. The predicted octanol–water partition coefficient (Wildman–Crippen LogP) is 6.19. The molecule has 6 heteroatoms. The van der Waals surface area contributed by atoms with Gasteiger partial charge >= 0.3 is 0 Å². The second-order valence-electron chi connectivity index (χ2n) is 7.66. The molecule has 0 amide bonds. The molecule has 0 atom stereocenters. The average molecular weight is 431 g/mol. The van der Waals surface area contributed by atoms with Gasteiger partial charge in [0.05, 0.1) is 12.1 Å². The van der Waals surface area contributed by atoms with Gasteiger partial charge in [-0.15, -0.1) is 4.91 Å². The number of benzene rings is 2. The molecule has 142 valence electrons. The Morgan fingerprint density at radius 1 is 1.19 bits per heavy atom. The topological polar surface area (TPSA) is 63.8 Å². The lowest BCUT2D eigenvalue weighted by atomic mass is 9.87. The van der Waals surface area contributed by atoms with Crippen LogP contribution >= 0.6 is 15.9 Å². The van der Waals surface area contributed by atoms with Crippen molar-refractivity contribution in [2.45, 2.75) is 39.7 Å². The maximum atomic E-state index is 11.2. The van der Waals surface area contributed by atoms with E-state index in [4.69, 9.17) is 4.74 Å². The number of aryl methyl sites for hydroxylation is 1. The molecule has 0 radical (unpaired) electrons. The second kappa shape index (κ2) is 7.35. The van der Waals surface area contributed by atoms with Gasteiger partial charge in [-0.05, 0) is 52.9 Å². The van der Waals surface area contributed by atoms with Crippen LogP contribution < -0.4 is 4.74 Å². The van der Waals surface area contributed by atoms with E-state index in [-0.39, 0.29) is 17.0 Å². The summed E-state index contributed by atoms with van der Waals surface area (Å²) >= 11 is 3.42. The van der Waals surface area contributed by atoms with E-state index in [0.717, 1.165) is 21.3 Å². The van der Waals surface area contributed by atoms with Crippen LogP contribution in [-0.4, -0.2) is 16.3 Å². The van der Waals surface area contributed by atoms with E-state index in [0.29, 0.717) is 18.5 Å². The SMILES string of the molecule is Cc1cc(Br)cc2c(N=O)c(O)n(CCOc3ccc(C(C)(C)C)cc3)c12. The molecule has 0 aliphatic carbocycles. The minimum Gasteiger partial charge on any atom is -0.493 e. The van der Waals surface area contributed by atoms with Gasteiger partial charge in [-0.2, -0.15) is 0 Å². The number of rotatable bonds is 5. The second-order valence-corrected chi connectivity index (χ2v) is 8.57. The summed E-state index contributed by atoms with van der Waals surface area (Å²) in [6.45, 7) is 9.21. The van der Waals surface area contributed by atoms with Crippen LogP contribution in [0, 0.1) is 11.8 Å². The van der Waals surface area contributed by atoms with E-state index >= 15 is 0 Å². The first-order chi connectivity index (χ1) is 12.7. The predicted molar refractivity (Wildman–Crippen MR) is 112 cm³/mol. The Kier molecular flexibility index (Phi) is 5.29. The fraction of sp³-hybridized carbons (Fsp3) is 0.333. The van der Waals surface area contributed by atoms with Crippen molar-refractivity contribution in [1.29, 1.82) is 0 Å². The number of nitrogens with zero attached hydrogens (tertiary/aromatic N) is 2. The average Bonchev–Trinajstić information content (AvgIpc) is 2.86. The molecule has 0 spiro atoms. The lowest BCUT2D eigenvalue weighted by Gasteiger charge is -2.19. The number of halogens is 1. The molecule has 0 fully saturated rings. The Balaban J connectivity index is 1.81. The molecule has 2 aromatic carbocycles. The molecule has 0 unspecified atom stereocenters. The molecule has 3 aromatic rings. The molecule has 0 aliphatic rings. The zero-order valence-corrected chi connectivity index (χ0v) is 17.5. The molecule has 5 nitrogen and oxygen atoms in total. The van der Waals surface area contributed by atoms with Crippen molar-refractivity contribution in [3.05, 3.63) is 56.9 Å². The summed E-state index contributed by atoms with van der Waals surface area (Å²) in [5, 5.41) is 14.1. The van der Waals surface area contributed by atoms with Gasteiger partial charge < -0.3 is 14.4 Å². The van der Waals surface area contributed by atoms with E-state index in [1.807, 2.05) is 25.1 Å². The van der Waals surface area contributed by atoms with Crippen molar-refractivity contribution < 1.29 is 9.84 Å². The van der Waals surface area contributed by atoms with E-state index < -0.39 is 0 Å². The third-order valence-corrected chi connectivity index (χ3v) is 5.11. The van der Waals surface area contributed by atoms with E-state index in [1.165, 1.54) is 5.56 Å². The summed E-state index contributed by atoms with van der Waals surface area (Å²) in [5.41, 5.74) is 3.13. The molecular weight excluding hydrogens is 408 g/mol. The summed E-state index contributed by atoms with van der Waals surface area (Å²) in [6, 6.07) is 11.8. The highest BCUT2D eigenvalue weighted by atomic mass is 79.9. The minimum absolute atomic E-state index is 0.0592. The van der Waals surface area contributed by atoms with Crippen molar-refractivity contribution in [1.82, 2.24) is 4.57 Å². The monoisotopic (exact) mass is 430 g/mol. The van der Waals surface area contributed by atoms with Crippen LogP contribution in [0.2, 0.25) is 0 Å². The first-order valence-corrected chi connectivity index (χ1v) is 9.59. The highest BCUT2D eigenvalue weighted by Crippen LogP contribution is 2.41. The molecular formula is C21H23BrN2O3. The normalized spacial score (nSPS) is 11.7. The number of hydrogen-bond donors (Lipinski definition) is 1. The van der Waals surface area contributed by atoms with Crippen molar-refractivity contribution in [2.24, 2.45) is 5.18 Å². The Bertz CT molecular complexity index is 986. The molecule has 0 saturated carbocycles. The first kappa shape index (κ1) is 19.4. The highest BCUT2D eigenvalue weighted by Gasteiger charge is 2.19. The third kappa shape index (κ3) is 3.86. The summed E-state index contributed by atoms with van der Waals surface area (Å²) in [4.78, 5) is 11.2. The van der Waals surface area contributed by atoms with Crippen molar-refractivity contribution >= 4 is 32.5 Å². The third-order valence-electron chi connectivity index (χ3n) is 4.65. The van der Waals surface area contributed by atoms with Gasteiger partial charge in [0, 0.05) is 9.86 Å². The number of ether oxygens (including phenoxy) is 1. The lowest BCUT2D eigenvalue weighted by Crippen LogP contribution is -2.11. The zero-order chi connectivity index (χ0) is 19.8. The first-order valence-electron chi connectivity index (χ1n) is 8.80. The number of aromatic hydroxyl groups is 1. The van der Waals surface area contributed by atoms with Crippen molar-refractivity contribution in [2.75, 3.05) is 6.61 Å².